The van der Waals surface area contributed by atoms with Crippen LogP contribution in [0.3, 0.4) is 0 Å². The van der Waals surface area contributed by atoms with E-state index >= 15 is 0 Å². The van der Waals surface area contributed by atoms with Crippen molar-refractivity contribution >= 4 is 9.84 Å². The highest BCUT2D eigenvalue weighted by Gasteiger charge is 2.24. The van der Waals surface area contributed by atoms with Crippen LogP contribution in [0.4, 0.5) is 0 Å². The molecule has 6 heteroatoms. The van der Waals surface area contributed by atoms with Gasteiger partial charge in [-0.25, -0.2) is 13.4 Å². The van der Waals surface area contributed by atoms with Crippen molar-refractivity contribution < 1.29 is 17.9 Å². The summed E-state index contributed by atoms with van der Waals surface area (Å²) in [5, 5.41) is 0. The van der Waals surface area contributed by atoms with Crippen LogP contribution in [-0.4, -0.2) is 19.7 Å². The molecule has 138 valence electrons. The minimum absolute atomic E-state index is 0.145. The second-order valence-corrected chi connectivity index (χ2v) is 8.56. The molecule has 0 aliphatic carbocycles. The van der Waals surface area contributed by atoms with Gasteiger partial charge in [-0.1, -0.05) is 30.3 Å². The molecule has 0 radical (unpaired) electrons. The molecule has 0 saturated heterocycles. The predicted octanol–water partition coefficient (Wildman–Crippen LogP) is 4.34. The molecule has 0 N–H and O–H groups in total. The first-order valence-corrected chi connectivity index (χ1v) is 10.6. The average molecular weight is 381 g/mol. The van der Waals surface area contributed by atoms with Crippen molar-refractivity contribution in [3.05, 3.63) is 78.0 Å². The summed E-state index contributed by atoms with van der Waals surface area (Å²) in [6.45, 7) is 0. The minimum atomic E-state index is -3.27. The fourth-order valence-electron chi connectivity index (χ4n) is 3.08. The third kappa shape index (κ3) is 3.95. The molecule has 2 aromatic carbocycles. The molecule has 0 saturated carbocycles. The number of benzene rings is 2. The summed E-state index contributed by atoms with van der Waals surface area (Å²) in [7, 11) is -3.27. The van der Waals surface area contributed by atoms with E-state index in [1.54, 1.807) is 6.07 Å². The van der Waals surface area contributed by atoms with Gasteiger partial charge in [-0.2, -0.15) is 0 Å². The van der Waals surface area contributed by atoms with Crippen LogP contribution in [0.5, 0.6) is 17.4 Å². The SMILES string of the molecule is CS(=O)(=O)c1cnc2c(c1)CCC(c1cccc(Oc3ccccc3)c1)O2. The fourth-order valence-corrected chi connectivity index (χ4v) is 3.68. The molecular formula is C21H19NO4S. The standard InChI is InChI=1S/C21H19NO4S/c1-27(23,24)19-13-16-10-11-20(26-21(16)22-14-19)15-6-5-9-18(12-15)25-17-7-3-2-4-8-17/h2-9,12-14,20H,10-11H2,1H3. The van der Waals surface area contributed by atoms with Crippen LogP contribution in [0.1, 0.15) is 23.7 Å². The molecule has 1 aromatic heterocycles. The Morgan fingerprint density at radius 3 is 2.59 bits per heavy atom. The number of fused-ring (bicyclic) bond motifs is 1. The molecule has 0 spiro atoms. The monoisotopic (exact) mass is 381 g/mol. The normalized spacial score (nSPS) is 16.3. The second-order valence-electron chi connectivity index (χ2n) is 6.54. The molecule has 3 aromatic rings. The zero-order chi connectivity index (χ0) is 18.9. The lowest BCUT2D eigenvalue weighted by Gasteiger charge is -2.26. The Balaban J connectivity index is 1.55. The van der Waals surface area contributed by atoms with E-state index in [-0.39, 0.29) is 11.0 Å². The van der Waals surface area contributed by atoms with Gasteiger partial charge in [-0.15, -0.1) is 0 Å². The largest absolute Gasteiger partial charge is 0.469 e. The Hall–Kier alpha value is -2.86. The van der Waals surface area contributed by atoms with Crippen molar-refractivity contribution in [3.63, 3.8) is 0 Å². The van der Waals surface area contributed by atoms with E-state index in [4.69, 9.17) is 9.47 Å². The topological polar surface area (TPSA) is 65.5 Å². The first-order chi connectivity index (χ1) is 13.0. The lowest BCUT2D eigenvalue weighted by Crippen LogP contribution is -2.17. The molecule has 4 rings (SSSR count). The zero-order valence-corrected chi connectivity index (χ0v) is 15.6. The number of para-hydroxylation sites is 1. The van der Waals surface area contributed by atoms with Gasteiger partial charge in [-0.3, -0.25) is 0 Å². The molecule has 2 heterocycles. The molecule has 27 heavy (non-hydrogen) atoms. The van der Waals surface area contributed by atoms with Gasteiger partial charge in [0.05, 0.1) is 4.90 Å². The number of nitrogens with zero attached hydrogens (tertiary/aromatic N) is 1. The van der Waals surface area contributed by atoms with Crippen LogP contribution in [0.25, 0.3) is 0 Å². The van der Waals surface area contributed by atoms with Crippen molar-refractivity contribution in [2.45, 2.75) is 23.8 Å². The van der Waals surface area contributed by atoms with Crippen molar-refractivity contribution in [2.75, 3.05) is 6.26 Å². The van der Waals surface area contributed by atoms with Gasteiger partial charge in [0, 0.05) is 18.0 Å². The summed E-state index contributed by atoms with van der Waals surface area (Å²) in [5.41, 5.74) is 1.83. The number of aryl methyl sites for hydroxylation is 1. The van der Waals surface area contributed by atoms with Crippen molar-refractivity contribution in [1.82, 2.24) is 4.98 Å². The Morgan fingerprint density at radius 1 is 1.04 bits per heavy atom. The van der Waals surface area contributed by atoms with Gasteiger partial charge in [0.2, 0.25) is 5.88 Å². The lowest BCUT2D eigenvalue weighted by atomic mass is 9.99. The highest BCUT2D eigenvalue weighted by molar-refractivity contribution is 7.90. The third-order valence-corrected chi connectivity index (χ3v) is 5.55. The molecule has 0 amide bonds. The van der Waals surface area contributed by atoms with Gasteiger partial charge in [0.15, 0.2) is 9.84 Å². The van der Waals surface area contributed by atoms with Crippen LogP contribution in [0.15, 0.2) is 71.8 Å². The number of hydrogen-bond acceptors (Lipinski definition) is 5. The summed E-state index contributed by atoms with van der Waals surface area (Å²) in [6, 6.07) is 19.1. The van der Waals surface area contributed by atoms with Gasteiger partial charge in [-0.05, 0) is 48.7 Å². The third-order valence-electron chi connectivity index (χ3n) is 4.47. The maximum Gasteiger partial charge on any atom is 0.217 e. The van der Waals surface area contributed by atoms with Crippen molar-refractivity contribution in [3.8, 4) is 17.4 Å². The van der Waals surface area contributed by atoms with Crippen LogP contribution in [0, 0.1) is 0 Å². The molecule has 5 nitrogen and oxygen atoms in total. The quantitative estimate of drug-likeness (QED) is 0.672. The molecule has 1 aliphatic heterocycles. The Kier molecular flexibility index (Phi) is 4.58. The van der Waals surface area contributed by atoms with Crippen molar-refractivity contribution in [1.29, 1.82) is 0 Å². The number of sulfone groups is 1. The van der Waals surface area contributed by atoms with Crippen LogP contribution in [-0.2, 0) is 16.3 Å². The molecule has 0 bridgehead atoms. The highest BCUT2D eigenvalue weighted by Crippen LogP contribution is 2.35. The second kappa shape index (κ2) is 7.04. The Bertz CT molecular complexity index is 1060. The summed E-state index contributed by atoms with van der Waals surface area (Å²) in [5.74, 6) is 2.01. The lowest BCUT2D eigenvalue weighted by molar-refractivity contribution is 0.167. The summed E-state index contributed by atoms with van der Waals surface area (Å²) >= 11 is 0. The highest BCUT2D eigenvalue weighted by atomic mass is 32.2. The smallest absolute Gasteiger partial charge is 0.217 e. The Labute approximate surface area is 158 Å². The van der Waals surface area contributed by atoms with E-state index < -0.39 is 9.84 Å². The Morgan fingerprint density at radius 2 is 1.81 bits per heavy atom. The summed E-state index contributed by atoms with van der Waals surface area (Å²) < 4.78 is 35.3. The van der Waals surface area contributed by atoms with E-state index in [1.165, 1.54) is 12.5 Å². The number of aromatic nitrogens is 1. The first-order valence-electron chi connectivity index (χ1n) is 8.67. The molecule has 0 fully saturated rings. The fraction of sp³-hybridized carbons (Fsp3) is 0.190. The van der Waals surface area contributed by atoms with Crippen LogP contribution >= 0.6 is 0 Å². The number of ether oxygens (including phenoxy) is 2. The zero-order valence-electron chi connectivity index (χ0n) is 14.8. The van der Waals surface area contributed by atoms with Crippen LogP contribution in [0.2, 0.25) is 0 Å². The molecule has 1 atom stereocenters. The van der Waals surface area contributed by atoms with Gasteiger partial charge in [0.1, 0.15) is 17.6 Å². The van der Waals surface area contributed by atoms with E-state index in [1.807, 2.05) is 54.6 Å². The van der Waals surface area contributed by atoms with E-state index in [0.29, 0.717) is 12.3 Å². The molecule has 1 unspecified atom stereocenters. The van der Waals surface area contributed by atoms with E-state index in [9.17, 15) is 8.42 Å². The first kappa shape index (κ1) is 17.5. The van der Waals surface area contributed by atoms with Crippen molar-refractivity contribution in [2.24, 2.45) is 0 Å². The minimum Gasteiger partial charge on any atom is -0.469 e. The number of rotatable bonds is 4. The van der Waals surface area contributed by atoms with E-state index in [0.717, 1.165) is 29.0 Å². The van der Waals surface area contributed by atoms with Gasteiger partial charge in [0.25, 0.3) is 0 Å². The summed E-state index contributed by atoms with van der Waals surface area (Å²) in [4.78, 5) is 4.44. The average Bonchev–Trinajstić information content (AvgIpc) is 2.67. The maximum atomic E-state index is 11.7. The van der Waals surface area contributed by atoms with Gasteiger partial charge >= 0.3 is 0 Å². The molecule has 1 aliphatic rings. The number of pyridine rings is 1. The summed E-state index contributed by atoms with van der Waals surface area (Å²) in [6.07, 6.45) is 3.84. The van der Waals surface area contributed by atoms with Gasteiger partial charge < -0.3 is 9.47 Å². The maximum absolute atomic E-state index is 11.7. The molecular weight excluding hydrogens is 362 g/mol. The van der Waals surface area contributed by atoms with Crippen LogP contribution < -0.4 is 9.47 Å². The predicted molar refractivity (Wildman–Crippen MR) is 102 cm³/mol. The van der Waals surface area contributed by atoms with E-state index in [2.05, 4.69) is 4.98 Å². The number of hydrogen-bond donors (Lipinski definition) is 0.